The van der Waals surface area contributed by atoms with E-state index in [0.717, 1.165) is 0 Å². The Hall–Kier alpha value is -0.960. The summed E-state index contributed by atoms with van der Waals surface area (Å²) in [6.07, 6.45) is 5.50. The minimum absolute atomic E-state index is 0.281. The average molecular weight is 153 g/mol. The second-order valence-corrected chi connectivity index (χ2v) is 3.15. The first-order valence-corrected chi connectivity index (χ1v) is 3.76. The maximum atomic E-state index is 5.99. The highest BCUT2D eigenvalue weighted by Crippen LogP contribution is 2.18. The standard InChI is InChI=1S/C8H15N3/c1-6(2)8(10)7(9)4-3-5-11-8/h3-6,11H,9-10H2,1-2H3. The molecule has 62 valence electrons. The van der Waals surface area contributed by atoms with Gasteiger partial charge in [-0.2, -0.15) is 0 Å². The molecule has 0 spiro atoms. The van der Waals surface area contributed by atoms with Gasteiger partial charge in [0.05, 0.1) is 0 Å². The lowest BCUT2D eigenvalue weighted by Gasteiger charge is -2.36. The highest BCUT2D eigenvalue weighted by atomic mass is 15.1. The highest BCUT2D eigenvalue weighted by Gasteiger charge is 2.31. The predicted octanol–water partition coefficient (Wildman–Crippen LogP) is 0.257. The van der Waals surface area contributed by atoms with Crippen LogP contribution in [0.15, 0.2) is 24.0 Å². The second-order valence-electron chi connectivity index (χ2n) is 3.15. The minimum atomic E-state index is -0.561. The monoisotopic (exact) mass is 153 g/mol. The quantitative estimate of drug-likeness (QED) is 0.506. The normalized spacial score (nSPS) is 30.0. The molecule has 0 amide bonds. The Labute approximate surface area is 67.1 Å². The smallest absolute Gasteiger partial charge is 0.129 e. The van der Waals surface area contributed by atoms with Crippen molar-refractivity contribution in [2.45, 2.75) is 19.5 Å². The molecule has 0 saturated heterocycles. The lowest BCUT2D eigenvalue weighted by Crippen LogP contribution is -2.59. The Bertz CT molecular complexity index is 205. The van der Waals surface area contributed by atoms with E-state index >= 15 is 0 Å². The van der Waals surface area contributed by atoms with Crippen molar-refractivity contribution < 1.29 is 0 Å². The summed E-state index contributed by atoms with van der Waals surface area (Å²) in [5.74, 6) is 0.281. The molecule has 0 radical (unpaired) electrons. The van der Waals surface area contributed by atoms with Crippen molar-refractivity contribution in [3.63, 3.8) is 0 Å². The molecular weight excluding hydrogens is 138 g/mol. The molecule has 1 heterocycles. The summed E-state index contributed by atoms with van der Waals surface area (Å²) >= 11 is 0. The number of rotatable bonds is 1. The van der Waals surface area contributed by atoms with Gasteiger partial charge < -0.3 is 16.8 Å². The molecule has 0 aromatic rings. The van der Waals surface area contributed by atoms with Crippen LogP contribution < -0.4 is 16.8 Å². The van der Waals surface area contributed by atoms with Crippen LogP contribution in [0.1, 0.15) is 13.8 Å². The minimum Gasteiger partial charge on any atom is -0.399 e. The fourth-order valence-electron chi connectivity index (χ4n) is 1.06. The summed E-state index contributed by atoms with van der Waals surface area (Å²) in [5, 5.41) is 3.05. The molecule has 1 atom stereocenters. The maximum absolute atomic E-state index is 5.99. The predicted molar refractivity (Wildman–Crippen MR) is 46.3 cm³/mol. The van der Waals surface area contributed by atoms with E-state index in [-0.39, 0.29) is 5.92 Å². The zero-order chi connectivity index (χ0) is 8.48. The molecule has 0 aliphatic carbocycles. The molecule has 0 bridgehead atoms. The molecule has 0 aromatic heterocycles. The zero-order valence-corrected chi connectivity index (χ0v) is 6.96. The van der Waals surface area contributed by atoms with Crippen LogP contribution in [0, 0.1) is 5.92 Å². The van der Waals surface area contributed by atoms with Crippen LogP contribution >= 0.6 is 0 Å². The Morgan fingerprint density at radius 3 is 2.55 bits per heavy atom. The van der Waals surface area contributed by atoms with Crippen molar-refractivity contribution >= 4 is 0 Å². The third kappa shape index (κ3) is 1.24. The van der Waals surface area contributed by atoms with Crippen LogP contribution in [0.5, 0.6) is 0 Å². The van der Waals surface area contributed by atoms with Crippen molar-refractivity contribution in [3.05, 3.63) is 24.0 Å². The van der Waals surface area contributed by atoms with E-state index in [1.165, 1.54) is 0 Å². The summed E-state index contributed by atoms with van der Waals surface area (Å²) in [6.45, 7) is 4.07. The Morgan fingerprint density at radius 1 is 1.55 bits per heavy atom. The van der Waals surface area contributed by atoms with E-state index in [0.29, 0.717) is 5.70 Å². The number of nitrogens with two attached hydrogens (primary N) is 2. The van der Waals surface area contributed by atoms with Crippen LogP contribution in [0.4, 0.5) is 0 Å². The topological polar surface area (TPSA) is 64.1 Å². The first kappa shape index (κ1) is 8.14. The number of hydrogen-bond acceptors (Lipinski definition) is 3. The lowest BCUT2D eigenvalue weighted by atomic mass is 9.92. The fourth-order valence-corrected chi connectivity index (χ4v) is 1.06. The molecule has 1 rings (SSSR count). The summed E-state index contributed by atoms with van der Waals surface area (Å²) in [4.78, 5) is 0. The molecule has 3 heteroatoms. The van der Waals surface area contributed by atoms with Gasteiger partial charge in [-0.1, -0.05) is 13.8 Å². The Kier molecular flexibility index (Phi) is 1.91. The van der Waals surface area contributed by atoms with E-state index in [4.69, 9.17) is 11.5 Å². The first-order chi connectivity index (χ1) is 5.07. The highest BCUT2D eigenvalue weighted by molar-refractivity contribution is 5.26. The number of allylic oxidation sites excluding steroid dienone is 2. The molecule has 0 fully saturated rings. The van der Waals surface area contributed by atoms with Gasteiger partial charge in [-0.3, -0.25) is 0 Å². The third-order valence-electron chi connectivity index (χ3n) is 2.08. The van der Waals surface area contributed by atoms with Crippen molar-refractivity contribution in [1.29, 1.82) is 0 Å². The molecule has 5 N–H and O–H groups in total. The van der Waals surface area contributed by atoms with Gasteiger partial charge in [0, 0.05) is 5.70 Å². The van der Waals surface area contributed by atoms with Gasteiger partial charge in [0.2, 0.25) is 0 Å². The summed E-state index contributed by atoms with van der Waals surface area (Å²) in [5.41, 5.74) is 11.9. The largest absolute Gasteiger partial charge is 0.399 e. The van der Waals surface area contributed by atoms with Gasteiger partial charge in [0.1, 0.15) is 5.66 Å². The van der Waals surface area contributed by atoms with Gasteiger partial charge in [-0.05, 0) is 24.3 Å². The second kappa shape index (κ2) is 2.58. The van der Waals surface area contributed by atoms with Crippen LogP contribution in [0.25, 0.3) is 0 Å². The van der Waals surface area contributed by atoms with E-state index < -0.39 is 5.66 Å². The molecule has 3 nitrogen and oxygen atoms in total. The van der Waals surface area contributed by atoms with E-state index in [2.05, 4.69) is 5.32 Å². The van der Waals surface area contributed by atoms with Gasteiger partial charge in [0.25, 0.3) is 0 Å². The molecule has 0 saturated carbocycles. The lowest BCUT2D eigenvalue weighted by molar-refractivity contribution is 0.319. The van der Waals surface area contributed by atoms with E-state index in [1.807, 2.05) is 32.2 Å². The van der Waals surface area contributed by atoms with Crippen molar-refractivity contribution in [2.75, 3.05) is 0 Å². The van der Waals surface area contributed by atoms with Crippen LogP contribution in [0.2, 0.25) is 0 Å². The van der Waals surface area contributed by atoms with Gasteiger partial charge in [0.15, 0.2) is 0 Å². The number of hydrogen-bond donors (Lipinski definition) is 3. The van der Waals surface area contributed by atoms with Crippen LogP contribution in [-0.2, 0) is 0 Å². The number of dihydropyridines is 1. The fraction of sp³-hybridized carbons (Fsp3) is 0.500. The van der Waals surface area contributed by atoms with E-state index in [9.17, 15) is 0 Å². The molecule has 1 unspecified atom stereocenters. The number of nitrogens with one attached hydrogen (secondary N) is 1. The first-order valence-electron chi connectivity index (χ1n) is 3.76. The van der Waals surface area contributed by atoms with Crippen molar-refractivity contribution in [2.24, 2.45) is 17.4 Å². The molecule has 1 aliphatic heterocycles. The van der Waals surface area contributed by atoms with Crippen molar-refractivity contribution in [3.8, 4) is 0 Å². The van der Waals surface area contributed by atoms with Crippen LogP contribution in [0.3, 0.4) is 0 Å². The van der Waals surface area contributed by atoms with Gasteiger partial charge >= 0.3 is 0 Å². The van der Waals surface area contributed by atoms with Crippen LogP contribution in [-0.4, -0.2) is 5.66 Å². The molecule has 0 aromatic carbocycles. The third-order valence-corrected chi connectivity index (χ3v) is 2.08. The average Bonchev–Trinajstić information content (AvgIpc) is 1.95. The summed E-state index contributed by atoms with van der Waals surface area (Å²) < 4.78 is 0. The maximum Gasteiger partial charge on any atom is 0.129 e. The van der Waals surface area contributed by atoms with E-state index in [1.54, 1.807) is 0 Å². The summed E-state index contributed by atoms with van der Waals surface area (Å²) in [7, 11) is 0. The van der Waals surface area contributed by atoms with Crippen molar-refractivity contribution in [1.82, 2.24) is 5.32 Å². The Morgan fingerprint density at radius 2 is 2.18 bits per heavy atom. The SMILES string of the molecule is CC(C)C1(N)NC=CC=C1N. The molecular formula is C8H15N3. The molecule has 1 aliphatic rings. The zero-order valence-electron chi connectivity index (χ0n) is 6.96. The molecule has 11 heavy (non-hydrogen) atoms. The van der Waals surface area contributed by atoms with Gasteiger partial charge in [-0.15, -0.1) is 0 Å². The van der Waals surface area contributed by atoms with Gasteiger partial charge in [-0.25, -0.2) is 0 Å². The summed E-state index contributed by atoms with van der Waals surface area (Å²) in [6, 6.07) is 0. The Balaban J connectivity index is 2.88.